The number of aromatic nitrogens is 1. The summed E-state index contributed by atoms with van der Waals surface area (Å²) in [6.45, 7) is 2.06. The normalized spacial score (nSPS) is 12.7. The zero-order chi connectivity index (χ0) is 12.4. The van der Waals surface area contributed by atoms with Crippen LogP contribution in [0.5, 0.6) is 0 Å². The molecule has 0 fully saturated rings. The summed E-state index contributed by atoms with van der Waals surface area (Å²) in [4.78, 5) is 4.37. The molecule has 0 radical (unpaired) electrons. The molecule has 90 valence electrons. The Morgan fingerprint density at radius 2 is 2.24 bits per heavy atom. The summed E-state index contributed by atoms with van der Waals surface area (Å²) < 4.78 is 2.17. The molecule has 2 aromatic heterocycles. The lowest BCUT2D eigenvalue weighted by molar-refractivity contribution is 0.870. The van der Waals surface area contributed by atoms with E-state index in [2.05, 4.69) is 55.9 Å². The maximum absolute atomic E-state index is 6.45. The topological polar surface area (TPSA) is 12.9 Å². The lowest BCUT2D eigenvalue weighted by Gasteiger charge is -2.09. The Hall–Kier alpha value is 0.1000. The second-order valence-corrected chi connectivity index (χ2v) is 7.99. The Balaban J connectivity index is 2.20. The van der Waals surface area contributed by atoms with E-state index in [1.807, 2.05) is 12.3 Å². The van der Waals surface area contributed by atoms with Crippen molar-refractivity contribution in [2.45, 2.75) is 18.7 Å². The molecule has 0 amide bonds. The quantitative estimate of drug-likeness (QED) is 0.626. The first-order valence-electron chi connectivity index (χ1n) is 5.07. The molecule has 0 saturated heterocycles. The molecule has 2 heterocycles. The second kappa shape index (κ2) is 5.83. The van der Waals surface area contributed by atoms with Crippen LogP contribution in [0.3, 0.4) is 0 Å². The van der Waals surface area contributed by atoms with Crippen LogP contribution in [0.2, 0.25) is 0 Å². The Bertz CT molecular complexity index is 527. The van der Waals surface area contributed by atoms with E-state index in [4.69, 9.17) is 11.6 Å². The minimum atomic E-state index is -0.0551. The highest BCUT2D eigenvalue weighted by Gasteiger charge is 2.16. The first kappa shape index (κ1) is 13.5. The fourth-order valence-corrected chi connectivity index (χ4v) is 5.07. The Morgan fingerprint density at radius 3 is 2.82 bits per heavy atom. The minimum absolute atomic E-state index is 0.0551. The van der Waals surface area contributed by atoms with Gasteiger partial charge >= 0.3 is 0 Å². The largest absolute Gasteiger partial charge is 0.261 e. The molecule has 1 atom stereocenters. The highest BCUT2D eigenvalue weighted by molar-refractivity contribution is 9.12. The van der Waals surface area contributed by atoms with E-state index in [-0.39, 0.29) is 5.38 Å². The highest BCUT2D eigenvalue weighted by atomic mass is 79.9. The number of halogens is 3. The zero-order valence-corrected chi connectivity index (χ0v) is 13.8. The van der Waals surface area contributed by atoms with Crippen molar-refractivity contribution in [1.82, 2.24) is 4.98 Å². The molecular weight excluding hydrogens is 385 g/mol. The first-order chi connectivity index (χ1) is 8.08. The summed E-state index contributed by atoms with van der Waals surface area (Å²) in [5.74, 6) is 0. The summed E-state index contributed by atoms with van der Waals surface area (Å²) in [6, 6.07) is 6.06. The van der Waals surface area contributed by atoms with Gasteiger partial charge in [0.2, 0.25) is 0 Å². The number of aryl methyl sites for hydroxylation is 1. The van der Waals surface area contributed by atoms with Gasteiger partial charge in [-0.3, -0.25) is 4.98 Å². The molecule has 0 aliphatic heterocycles. The van der Waals surface area contributed by atoms with Gasteiger partial charge < -0.3 is 0 Å². The van der Waals surface area contributed by atoms with Crippen molar-refractivity contribution in [1.29, 1.82) is 0 Å². The maximum atomic E-state index is 6.45. The van der Waals surface area contributed by atoms with Gasteiger partial charge in [-0.25, -0.2) is 0 Å². The van der Waals surface area contributed by atoms with Crippen LogP contribution in [-0.4, -0.2) is 4.98 Å². The van der Waals surface area contributed by atoms with Gasteiger partial charge in [0.25, 0.3) is 0 Å². The lowest BCUT2D eigenvalue weighted by Crippen LogP contribution is -1.99. The van der Waals surface area contributed by atoms with Gasteiger partial charge in [0.1, 0.15) is 0 Å². The molecule has 17 heavy (non-hydrogen) atoms. The van der Waals surface area contributed by atoms with Crippen LogP contribution in [0.1, 0.15) is 22.2 Å². The number of rotatable bonds is 3. The molecule has 1 unspecified atom stereocenters. The molecule has 2 rings (SSSR count). The van der Waals surface area contributed by atoms with Crippen molar-refractivity contribution in [2.75, 3.05) is 0 Å². The molecule has 0 aromatic carbocycles. The van der Waals surface area contributed by atoms with E-state index in [1.54, 1.807) is 11.3 Å². The molecule has 0 bridgehead atoms. The smallest absolute Gasteiger partial charge is 0.0757 e. The number of thiophene rings is 1. The summed E-state index contributed by atoms with van der Waals surface area (Å²) in [7, 11) is 0. The summed E-state index contributed by atoms with van der Waals surface area (Å²) in [5, 5.41) is -0.0551. The molecule has 0 aliphatic carbocycles. The van der Waals surface area contributed by atoms with Gasteiger partial charge in [-0.05, 0) is 62.0 Å². The Kier molecular flexibility index (Phi) is 4.64. The average Bonchev–Trinajstić information content (AvgIpc) is 2.61. The molecule has 1 nitrogen and oxygen atoms in total. The van der Waals surface area contributed by atoms with Crippen molar-refractivity contribution in [2.24, 2.45) is 0 Å². The monoisotopic (exact) mass is 393 g/mol. The van der Waals surface area contributed by atoms with Crippen molar-refractivity contribution >= 4 is 54.8 Å². The third-order valence-corrected chi connectivity index (χ3v) is 5.29. The summed E-state index contributed by atoms with van der Waals surface area (Å²) in [6.07, 6.45) is 2.56. The van der Waals surface area contributed by atoms with E-state index < -0.39 is 0 Å². The molecule has 5 heteroatoms. The predicted molar refractivity (Wildman–Crippen MR) is 81.0 cm³/mol. The molecule has 0 aliphatic rings. The van der Waals surface area contributed by atoms with Crippen molar-refractivity contribution < 1.29 is 0 Å². The number of alkyl halides is 1. The van der Waals surface area contributed by atoms with E-state index in [0.717, 1.165) is 25.3 Å². The Labute approximate surface area is 126 Å². The van der Waals surface area contributed by atoms with E-state index >= 15 is 0 Å². The van der Waals surface area contributed by atoms with Crippen LogP contribution in [0, 0.1) is 6.92 Å². The fraction of sp³-hybridized carbons (Fsp3) is 0.250. The standard InChI is InChI=1S/C12H10Br2ClNS/c1-7-3-2-4-16-10(7)6-9(15)8-5-11(13)17-12(8)14/h2-5,9H,6H2,1H3. The minimum Gasteiger partial charge on any atom is -0.261 e. The van der Waals surface area contributed by atoms with Crippen LogP contribution in [0.4, 0.5) is 0 Å². The predicted octanol–water partition coefficient (Wildman–Crippen LogP) is 5.50. The average molecular weight is 396 g/mol. The van der Waals surface area contributed by atoms with Gasteiger partial charge in [0.05, 0.1) is 12.9 Å². The first-order valence-corrected chi connectivity index (χ1v) is 7.91. The highest BCUT2D eigenvalue weighted by Crippen LogP contribution is 2.39. The van der Waals surface area contributed by atoms with Gasteiger partial charge in [0.15, 0.2) is 0 Å². The SMILES string of the molecule is Cc1cccnc1CC(Cl)c1cc(Br)sc1Br. The summed E-state index contributed by atoms with van der Waals surface area (Å²) >= 11 is 15.1. The van der Waals surface area contributed by atoms with Gasteiger partial charge in [-0.15, -0.1) is 22.9 Å². The molecule has 0 N–H and O–H groups in total. The number of hydrogen-bond donors (Lipinski definition) is 0. The molecule has 2 aromatic rings. The van der Waals surface area contributed by atoms with Crippen LogP contribution in [0.25, 0.3) is 0 Å². The number of nitrogens with zero attached hydrogens (tertiary/aromatic N) is 1. The van der Waals surface area contributed by atoms with E-state index in [1.165, 1.54) is 5.56 Å². The maximum Gasteiger partial charge on any atom is 0.0757 e. The van der Waals surface area contributed by atoms with Gasteiger partial charge in [0, 0.05) is 18.3 Å². The van der Waals surface area contributed by atoms with Crippen LogP contribution in [0.15, 0.2) is 32.0 Å². The third-order valence-electron chi connectivity index (χ3n) is 2.51. The fourth-order valence-electron chi connectivity index (χ4n) is 1.58. The van der Waals surface area contributed by atoms with E-state index in [0.29, 0.717) is 0 Å². The van der Waals surface area contributed by atoms with E-state index in [9.17, 15) is 0 Å². The van der Waals surface area contributed by atoms with Gasteiger partial charge in [-0.2, -0.15) is 0 Å². The van der Waals surface area contributed by atoms with Crippen molar-refractivity contribution in [3.8, 4) is 0 Å². The molecule has 0 saturated carbocycles. The Morgan fingerprint density at radius 1 is 1.47 bits per heavy atom. The number of pyridine rings is 1. The summed E-state index contributed by atoms with van der Waals surface area (Å²) in [5.41, 5.74) is 3.36. The third kappa shape index (κ3) is 3.31. The lowest BCUT2D eigenvalue weighted by atomic mass is 10.1. The molecular formula is C12H10Br2ClNS. The second-order valence-electron chi connectivity index (χ2n) is 3.72. The van der Waals surface area contributed by atoms with Gasteiger partial charge in [-0.1, -0.05) is 6.07 Å². The zero-order valence-electron chi connectivity index (χ0n) is 9.08. The van der Waals surface area contributed by atoms with Crippen LogP contribution >= 0.6 is 54.8 Å². The van der Waals surface area contributed by atoms with Crippen molar-refractivity contribution in [3.63, 3.8) is 0 Å². The molecule has 0 spiro atoms. The number of hydrogen-bond acceptors (Lipinski definition) is 2. The van der Waals surface area contributed by atoms with Crippen LogP contribution in [-0.2, 0) is 6.42 Å². The van der Waals surface area contributed by atoms with Crippen LogP contribution < -0.4 is 0 Å². The van der Waals surface area contributed by atoms with Crippen molar-refractivity contribution in [3.05, 3.63) is 48.8 Å².